The van der Waals surface area contributed by atoms with E-state index in [2.05, 4.69) is 37.4 Å². The molecule has 2 heterocycles. The number of nitrogens with zero attached hydrogens (tertiary/aromatic N) is 2. The molecule has 1 aliphatic heterocycles. The molecule has 37 heavy (non-hydrogen) atoms. The maximum Gasteiger partial charge on any atom is 0.256 e. The summed E-state index contributed by atoms with van der Waals surface area (Å²) in [5.41, 5.74) is 2.21. The SMILES string of the molecule is CC(C)c1ccc(OC[C@@H]2c3ccsc3CCN2C(=O)CN(C(=O)c2ccccc2Cl)C(C)(C)C)cc1. The van der Waals surface area contributed by atoms with E-state index in [1.54, 1.807) is 40.5 Å². The van der Waals surface area contributed by atoms with Gasteiger partial charge in [0, 0.05) is 17.0 Å². The minimum absolute atomic E-state index is 0.0351. The predicted octanol–water partition coefficient (Wildman–Crippen LogP) is 6.97. The van der Waals surface area contributed by atoms with Crippen LogP contribution in [0.15, 0.2) is 60.0 Å². The van der Waals surface area contributed by atoms with Crippen LogP contribution in [0.5, 0.6) is 5.75 Å². The van der Waals surface area contributed by atoms with E-state index < -0.39 is 5.54 Å². The first-order chi connectivity index (χ1) is 17.6. The third kappa shape index (κ3) is 6.19. The zero-order valence-corrected chi connectivity index (χ0v) is 23.7. The first kappa shape index (κ1) is 27.2. The van der Waals surface area contributed by atoms with Crippen molar-refractivity contribution in [1.29, 1.82) is 0 Å². The van der Waals surface area contributed by atoms with Crippen LogP contribution in [-0.4, -0.2) is 46.8 Å². The van der Waals surface area contributed by atoms with Crippen LogP contribution in [0, 0.1) is 0 Å². The molecular formula is C30H35ClN2O3S. The van der Waals surface area contributed by atoms with Crippen molar-refractivity contribution < 1.29 is 14.3 Å². The zero-order valence-electron chi connectivity index (χ0n) is 22.2. The molecule has 196 valence electrons. The van der Waals surface area contributed by atoms with Crippen molar-refractivity contribution in [2.24, 2.45) is 0 Å². The van der Waals surface area contributed by atoms with Crippen molar-refractivity contribution in [3.63, 3.8) is 0 Å². The number of benzene rings is 2. The molecule has 0 unspecified atom stereocenters. The van der Waals surface area contributed by atoms with Gasteiger partial charge in [-0.3, -0.25) is 9.59 Å². The molecule has 4 rings (SSSR count). The standard InChI is InChI=1S/C30H35ClN2O3S/c1-20(2)21-10-12-22(13-11-21)36-19-26-24-15-17-37-27(24)14-16-32(26)28(34)18-33(30(3,4)5)29(35)23-8-6-7-9-25(23)31/h6-13,15,17,20,26H,14,16,18-19H2,1-5H3/t26-/m1/s1. The first-order valence-electron chi connectivity index (χ1n) is 12.7. The Labute approximate surface area is 229 Å². The molecule has 0 fully saturated rings. The van der Waals surface area contributed by atoms with Crippen LogP contribution in [0.1, 0.15) is 72.9 Å². The third-order valence-corrected chi connectivity index (χ3v) is 8.15. The summed E-state index contributed by atoms with van der Waals surface area (Å²) >= 11 is 8.05. The summed E-state index contributed by atoms with van der Waals surface area (Å²) in [6, 6.07) is 17.0. The Morgan fingerprint density at radius 2 is 1.81 bits per heavy atom. The monoisotopic (exact) mass is 538 g/mol. The highest BCUT2D eigenvalue weighted by atomic mass is 35.5. The van der Waals surface area contributed by atoms with Gasteiger partial charge in [0.15, 0.2) is 0 Å². The fraction of sp³-hybridized carbons (Fsp3) is 0.400. The van der Waals surface area contributed by atoms with Crippen molar-refractivity contribution in [1.82, 2.24) is 9.80 Å². The maximum absolute atomic E-state index is 13.8. The molecule has 3 aromatic rings. The Balaban J connectivity index is 1.55. The number of fused-ring (bicyclic) bond motifs is 1. The molecule has 0 saturated heterocycles. The summed E-state index contributed by atoms with van der Waals surface area (Å²) in [5, 5.41) is 2.45. The molecule has 1 atom stereocenters. The van der Waals surface area contributed by atoms with Crippen LogP contribution < -0.4 is 4.74 Å². The molecule has 1 aliphatic rings. The van der Waals surface area contributed by atoms with Gasteiger partial charge in [-0.2, -0.15) is 0 Å². The summed E-state index contributed by atoms with van der Waals surface area (Å²) in [5.74, 6) is 0.881. The number of carbonyl (C=O) groups excluding carboxylic acids is 2. The van der Waals surface area contributed by atoms with Crippen molar-refractivity contribution in [2.45, 2.75) is 58.5 Å². The largest absolute Gasteiger partial charge is 0.491 e. The Kier molecular flexibility index (Phi) is 8.29. The molecule has 0 aliphatic carbocycles. The third-order valence-electron chi connectivity index (χ3n) is 6.82. The highest BCUT2D eigenvalue weighted by Crippen LogP contribution is 2.34. The van der Waals surface area contributed by atoms with Crippen molar-refractivity contribution in [2.75, 3.05) is 19.7 Å². The van der Waals surface area contributed by atoms with Gasteiger partial charge in [-0.25, -0.2) is 0 Å². The van der Waals surface area contributed by atoms with Crippen LogP contribution in [-0.2, 0) is 11.2 Å². The molecule has 0 radical (unpaired) electrons. The number of ether oxygens (including phenoxy) is 1. The van der Waals surface area contributed by atoms with Crippen LogP contribution in [0.3, 0.4) is 0 Å². The van der Waals surface area contributed by atoms with E-state index in [4.69, 9.17) is 16.3 Å². The van der Waals surface area contributed by atoms with E-state index in [1.165, 1.54) is 10.4 Å². The van der Waals surface area contributed by atoms with Gasteiger partial charge in [0.1, 0.15) is 18.9 Å². The second kappa shape index (κ2) is 11.3. The van der Waals surface area contributed by atoms with Crippen LogP contribution in [0.25, 0.3) is 0 Å². The fourth-order valence-corrected chi connectivity index (χ4v) is 5.76. The van der Waals surface area contributed by atoms with Gasteiger partial charge in [0.25, 0.3) is 5.91 Å². The number of hydrogen-bond acceptors (Lipinski definition) is 4. The minimum Gasteiger partial charge on any atom is -0.491 e. The molecule has 0 saturated carbocycles. The summed E-state index contributed by atoms with van der Waals surface area (Å²) < 4.78 is 6.20. The molecule has 0 spiro atoms. The number of carbonyl (C=O) groups is 2. The zero-order chi connectivity index (χ0) is 26.7. The summed E-state index contributed by atoms with van der Waals surface area (Å²) in [6.07, 6.45) is 0.798. The molecule has 2 aromatic carbocycles. The van der Waals surface area contributed by atoms with Crippen molar-refractivity contribution in [3.05, 3.63) is 86.6 Å². The van der Waals surface area contributed by atoms with E-state index >= 15 is 0 Å². The van der Waals surface area contributed by atoms with Crippen molar-refractivity contribution >= 4 is 34.8 Å². The highest BCUT2D eigenvalue weighted by Gasteiger charge is 2.36. The molecule has 0 bridgehead atoms. The van der Waals surface area contributed by atoms with E-state index in [9.17, 15) is 9.59 Å². The van der Waals surface area contributed by atoms with Crippen LogP contribution >= 0.6 is 22.9 Å². The van der Waals surface area contributed by atoms with Gasteiger partial charge in [0.2, 0.25) is 5.91 Å². The predicted molar refractivity (Wildman–Crippen MR) is 151 cm³/mol. The molecular weight excluding hydrogens is 504 g/mol. The van der Waals surface area contributed by atoms with Crippen LogP contribution in [0.2, 0.25) is 5.02 Å². The minimum atomic E-state index is -0.570. The Morgan fingerprint density at radius 3 is 2.46 bits per heavy atom. The molecule has 1 aromatic heterocycles. The van der Waals surface area contributed by atoms with E-state index in [1.807, 2.05) is 37.8 Å². The number of thiophene rings is 1. The van der Waals surface area contributed by atoms with Crippen molar-refractivity contribution in [3.8, 4) is 5.75 Å². The quantitative estimate of drug-likeness (QED) is 0.326. The van der Waals surface area contributed by atoms with Gasteiger partial charge >= 0.3 is 0 Å². The lowest BCUT2D eigenvalue weighted by Gasteiger charge is -2.40. The molecule has 2 amide bonds. The van der Waals surface area contributed by atoms with E-state index in [0.717, 1.165) is 17.7 Å². The van der Waals surface area contributed by atoms with Gasteiger partial charge < -0.3 is 14.5 Å². The lowest BCUT2D eigenvalue weighted by Crippen LogP contribution is -2.53. The van der Waals surface area contributed by atoms with E-state index in [-0.39, 0.29) is 24.4 Å². The Bertz CT molecular complexity index is 1250. The van der Waals surface area contributed by atoms with Gasteiger partial charge in [-0.05, 0) is 79.9 Å². The lowest BCUT2D eigenvalue weighted by atomic mass is 9.99. The topological polar surface area (TPSA) is 49.9 Å². The summed E-state index contributed by atoms with van der Waals surface area (Å²) in [4.78, 5) is 32.1. The highest BCUT2D eigenvalue weighted by molar-refractivity contribution is 7.10. The molecule has 7 heteroatoms. The summed E-state index contributed by atoms with van der Waals surface area (Å²) in [7, 11) is 0. The van der Waals surface area contributed by atoms with Gasteiger partial charge in [0.05, 0.1) is 16.6 Å². The first-order valence-corrected chi connectivity index (χ1v) is 14.0. The van der Waals surface area contributed by atoms with E-state index in [0.29, 0.717) is 29.7 Å². The van der Waals surface area contributed by atoms with Gasteiger partial charge in [-0.15, -0.1) is 11.3 Å². The lowest BCUT2D eigenvalue weighted by molar-refractivity contribution is -0.136. The average Bonchev–Trinajstić information content (AvgIpc) is 3.34. The second-order valence-corrected chi connectivity index (χ2v) is 12.1. The normalized spacial score (nSPS) is 15.4. The second-order valence-electron chi connectivity index (χ2n) is 10.7. The smallest absolute Gasteiger partial charge is 0.256 e. The number of amides is 2. The molecule has 5 nitrogen and oxygen atoms in total. The van der Waals surface area contributed by atoms with Gasteiger partial charge in [-0.1, -0.05) is 49.7 Å². The number of hydrogen-bond donors (Lipinski definition) is 0. The fourth-order valence-electron chi connectivity index (χ4n) is 4.62. The Hall–Kier alpha value is -2.83. The summed E-state index contributed by atoms with van der Waals surface area (Å²) in [6.45, 7) is 11.0. The number of rotatable bonds is 7. The van der Waals surface area contributed by atoms with Crippen LogP contribution in [0.4, 0.5) is 0 Å². The molecule has 0 N–H and O–H groups in total. The Morgan fingerprint density at radius 1 is 1.11 bits per heavy atom. The average molecular weight is 539 g/mol. The maximum atomic E-state index is 13.8. The number of halogens is 1.